The van der Waals surface area contributed by atoms with Gasteiger partial charge in [0.1, 0.15) is 22.6 Å². The maximum atomic E-state index is 13.5. The molecule has 1 heterocycles. The minimum Gasteiger partial charge on any atom is -0.321 e. The van der Waals surface area contributed by atoms with Crippen LogP contribution in [0.25, 0.3) is 0 Å². The fourth-order valence-corrected chi connectivity index (χ4v) is 1.96. The zero-order chi connectivity index (χ0) is 14.0. The Morgan fingerprint density at radius 2 is 2.05 bits per heavy atom. The molecular formula is C13H14ClF2N3. The summed E-state index contributed by atoms with van der Waals surface area (Å²) in [5, 5.41) is 0.552. The molecule has 0 fully saturated rings. The van der Waals surface area contributed by atoms with Crippen molar-refractivity contribution < 1.29 is 8.78 Å². The van der Waals surface area contributed by atoms with Crippen molar-refractivity contribution in [3.05, 3.63) is 52.6 Å². The van der Waals surface area contributed by atoms with E-state index in [1.165, 1.54) is 12.1 Å². The highest BCUT2D eigenvalue weighted by Gasteiger charge is 2.10. The average molecular weight is 286 g/mol. The van der Waals surface area contributed by atoms with Gasteiger partial charge in [-0.3, -0.25) is 4.90 Å². The lowest BCUT2D eigenvalue weighted by molar-refractivity contribution is 0.302. The molecule has 3 nitrogen and oxygen atoms in total. The fraction of sp³-hybridized carbons (Fsp3) is 0.308. The van der Waals surface area contributed by atoms with Gasteiger partial charge < -0.3 is 4.57 Å². The number of imidazole rings is 1. The topological polar surface area (TPSA) is 21.1 Å². The van der Waals surface area contributed by atoms with E-state index < -0.39 is 11.6 Å². The number of aromatic nitrogens is 2. The fourth-order valence-electron chi connectivity index (χ4n) is 1.81. The molecule has 2 aromatic rings. The third-order valence-corrected chi connectivity index (χ3v) is 3.25. The molecule has 19 heavy (non-hydrogen) atoms. The van der Waals surface area contributed by atoms with Crippen LogP contribution in [0, 0.1) is 11.6 Å². The van der Waals surface area contributed by atoms with Crippen LogP contribution >= 0.6 is 11.6 Å². The normalized spacial score (nSPS) is 11.3. The Labute approximate surface area is 115 Å². The minimum atomic E-state index is -0.570. The highest BCUT2D eigenvalue weighted by atomic mass is 35.5. The molecule has 0 spiro atoms. The summed E-state index contributed by atoms with van der Waals surface area (Å²) >= 11 is 5.90. The molecule has 1 aromatic carbocycles. The quantitative estimate of drug-likeness (QED) is 0.861. The van der Waals surface area contributed by atoms with E-state index in [1.807, 2.05) is 19.0 Å². The van der Waals surface area contributed by atoms with Gasteiger partial charge in [0, 0.05) is 25.2 Å². The summed E-state index contributed by atoms with van der Waals surface area (Å²) < 4.78 is 28.1. The first kappa shape index (κ1) is 14.0. The lowest BCUT2D eigenvalue weighted by atomic mass is 10.2. The molecule has 102 valence electrons. The number of hydrogen-bond acceptors (Lipinski definition) is 2. The third-order valence-electron chi connectivity index (χ3n) is 2.89. The van der Waals surface area contributed by atoms with E-state index in [0.717, 1.165) is 11.9 Å². The number of nitrogens with zero attached hydrogens (tertiary/aromatic N) is 3. The summed E-state index contributed by atoms with van der Waals surface area (Å²) in [6.07, 6.45) is 1.57. The summed E-state index contributed by atoms with van der Waals surface area (Å²) in [4.78, 5) is 6.05. The SMILES string of the molecule is CN(Cc1ccc(F)cc1F)Cc1ncc(Cl)n1C. The van der Waals surface area contributed by atoms with Crippen molar-refractivity contribution in [2.24, 2.45) is 7.05 Å². The monoisotopic (exact) mass is 285 g/mol. The van der Waals surface area contributed by atoms with Gasteiger partial charge >= 0.3 is 0 Å². The van der Waals surface area contributed by atoms with Crippen molar-refractivity contribution in [1.29, 1.82) is 0 Å². The maximum absolute atomic E-state index is 13.5. The minimum absolute atomic E-state index is 0.372. The Morgan fingerprint density at radius 3 is 2.63 bits per heavy atom. The second-order valence-corrected chi connectivity index (χ2v) is 4.85. The lowest BCUT2D eigenvalue weighted by Gasteiger charge is -2.17. The number of benzene rings is 1. The lowest BCUT2D eigenvalue weighted by Crippen LogP contribution is -2.20. The van der Waals surface area contributed by atoms with Crippen LogP contribution in [0.1, 0.15) is 11.4 Å². The molecule has 1 aromatic heterocycles. The van der Waals surface area contributed by atoms with Gasteiger partial charge in [-0.15, -0.1) is 0 Å². The molecule has 0 saturated carbocycles. The van der Waals surface area contributed by atoms with E-state index in [-0.39, 0.29) is 0 Å². The smallest absolute Gasteiger partial charge is 0.130 e. The summed E-state index contributed by atoms with van der Waals surface area (Å²) in [6.45, 7) is 0.899. The molecule has 0 unspecified atom stereocenters. The Hall–Kier alpha value is -1.46. The molecule has 2 rings (SSSR count). The van der Waals surface area contributed by atoms with Crippen molar-refractivity contribution >= 4 is 11.6 Å². The van der Waals surface area contributed by atoms with E-state index >= 15 is 0 Å². The van der Waals surface area contributed by atoms with Gasteiger partial charge in [-0.2, -0.15) is 0 Å². The zero-order valence-electron chi connectivity index (χ0n) is 10.7. The first-order valence-corrected chi connectivity index (χ1v) is 6.13. The molecule has 0 saturated heterocycles. The van der Waals surface area contributed by atoms with Gasteiger partial charge in [0.05, 0.1) is 12.7 Å². The molecule has 0 aliphatic heterocycles. The molecule has 0 aliphatic carbocycles. The molecule has 0 aliphatic rings. The van der Waals surface area contributed by atoms with Gasteiger partial charge in [-0.1, -0.05) is 17.7 Å². The molecule has 0 amide bonds. The summed E-state index contributed by atoms with van der Waals surface area (Å²) in [6, 6.07) is 3.59. The molecule has 0 radical (unpaired) electrons. The van der Waals surface area contributed by atoms with Crippen LogP contribution in [0.4, 0.5) is 8.78 Å². The summed E-state index contributed by atoms with van der Waals surface area (Å²) in [7, 11) is 3.66. The van der Waals surface area contributed by atoms with Crippen LogP contribution in [0.5, 0.6) is 0 Å². The van der Waals surface area contributed by atoms with E-state index in [1.54, 1.807) is 10.8 Å². The van der Waals surface area contributed by atoms with Crippen LogP contribution in [0.3, 0.4) is 0 Å². The predicted octanol–water partition coefficient (Wildman–Crippen LogP) is 2.98. The average Bonchev–Trinajstić information content (AvgIpc) is 2.65. The number of hydrogen-bond donors (Lipinski definition) is 0. The van der Waals surface area contributed by atoms with Gasteiger partial charge in [-0.25, -0.2) is 13.8 Å². The molecule has 0 atom stereocenters. The van der Waals surface area contributed by atoms with Crippen LogP contribution < -0.4 is 0 Å². The standard InChI is InChI=1S/C13H14ClF2N3/c1-18(8-13-17-6-12(14)19(13)2)7-9-3-4-10(15)5-11(9)16/h3-6H,7-8H2,1-2H3. The van der Waals surface area contributed by atoms with Gasteiger partial charge in [0.2, 0.25) is 0 Å². The molecule has 0 bridgehead atoms. The summed E-state index contributed by atoms with van der Waals surface area (Å²) in [5.74, 6) is -0.320. The Bertz CT molecular complexity index is 583. The van der Waals surface area contributed by atoms with Crippen LogP contribution in [0.15, 0.2) is 24.4 Å². The zero-order valence-corrected chi connectivity index (χ0v) is 11.5. The first-order chi connectivity index (χ1) is 8.97. The molecule has 6 heteroatoms. The van der Waals surface area contributed by atoms with Gasteiger partial charge in [0.25, 0.3) is 0 Å². The Morgan fingerprint density at radius 1 is 1.32 bits per heavy atom. The number of halogens is 3. The second-order valence-electron chi connectivity index (χ2n) is 4.46. The van der Waals surface area contributed by atoms with Crippen molar-refractivity contribution in [1.82, 2.24) is 14.5 Å². The van der Waals surface area contributed by atoms with E-state index in [2.05, 4.69) is 4.98 Å². The van der Waals surface area contributed by atoms with Crippen molar-refractivity contribution in [2.75, 3.05) is 7.05 Å². The van der Waals surface area contributed by atoms with Crippen LogP contribution in [-0.4, -0.2) is 21.5 Å². The van der Waals surface area contributed by atoms with Crippen molar-refractivity contribution in [3.63, 3.8) is 0 Å². The maximum Gasteiger partial charge on any atom is 0.130 e. The third kappa shape index (κ3) is 3.30. The summed E-state index contributed by atoms with van der Waals surface area (Å²) in [5.41, 5.74) is 0.448. The van der Waals surface area contributed by atoms with Crippen molar-refractivity contribution in [2.45, 2.75) is 13.1 Å². The second kappa shape index (κ2) is 5.67. The molecule has 0 N–H and O–H groups in total. The van der Waals surface area contributed by atoms with Crippen molar-refractivity contribution in [3.8, 4) is 0 Å². The van der Waals surface area contributed by atoms with E-state index in [0.29, 0.717) is 23.8 Å². The van der Waals surface area contributed by atoms with Gasteiger partial charge in [-0.05, 0) is 13.1 Å². The van der Waals surface area contributed by atoms with E-state index in [4.69, 9.17) is 11.6 Å². The van der Waals surface area contributed by atoms with E-state index in [9.17, 15) is 8.78 Å². The first-order valence-electron chi connectivity index (χ1n) is 5.76. The van der Waals surface area contributed by atoms with Crippen LogP contribution in [0.2, 0.25) is 5.15 Å². The highest BCUT2D eigenvalue weighted by Crippen LogP contribution is 2.14. The predicted molar refractivity (Wildman–Crippen MR) is 69.7 cm³/mol. The Balaban J connectivity index is 2.05. The number of rotatable bonds is 4. The Kier molecular flexibility index (Phi) is 4.17. The highest BCUT2D eigenvalue weighted by molar-refractivity contribution is 6.29. The van der Waals surface area contributed by atoms with Crippen LogP contribution in [-0.2, 0) is 20.1 Å². The van der Waals surface area contributed by atoms with Gasteiger partial charge in [0.15, 0.2) is 0 Å². The largest absolute Gasteiger partial charge is 0.321 e. The molecular weight excluding hydrogens is 272 g/mol.